The molecule has 0 bridgehead atoms. The average molecular weight is 151 g/mol. The van der Waals surface area contributed by atoms with Crippen molar-refractivity contribution in [3.8, 4) is 0 Å². The third-order valence-corrected chi connectivity index (χ3v) is 1.70. The highest BCUT2D eigenvalue weighted by atomic mass is 16.3. The van der Waals surface area contributed by atoms with Crippen LogP contribution in [0.4, 0.5) is 0 Å². The SMILES string of the molecule is C[C@@H](NCO)c1ccccc1. The second kappa shape index (κ2) is 4.11. The highest BCUT2D eigenvalue weighted by Gasteiger charge is 2.00. The van der Waals surface area contributed by atoms with E-state index in [4.69, 9.17) is 5.11 Å². The van der Waals surface area contributed by atoms with Crippen LogP contribution in [0.25, 0.3) is 0 Å². The lowest BCUT2D eigenvalue weighted by Crippen LogP contribution is -2.18. The van der Waals surface area contributed by atoms with Gasteiger partial charge < -0.3 is 5.11 Å². The van der Waals surface area contributed by atoms with Crippen LogP contribution >= 0.6 is 0 Å². The van der Waals surface area contributed by atoms with Crippen LogP contribution in [0.2, 0.25) is 0 Å². The summed E-state index contributed by atoms with van der Waals surface area (Å²) in [6.45, 7) is 2.04. The predicted octanol–water partition coefficient (Wildman–Crippen LogP) is 1.29. The topological polar surface area (TPSA) is 32.3 Å². The summed E-state index contributed by atoms with van der Waals surface area (Å²) in [4.78, 5) is 0. The maximum atomic E-state index is 8.59. The molecule has 11 heavy (non-hydrogen) atoms. The lowest BCUT2D eigenvalue weighted by atomic mass is 10.1. The molecule has 0 aliphatic rings. The quantitative estimate of drug-likeness (QED) is 0.638. The molecule has 1 aromatic carbocycles. The number of hydrogen-bond donors (Lipinski definition) is 2. The van der Waals surface area contributed by atoms with Crippen molar-refractivity contribution in [2.75, 3.05) is 6.73 Å². The van der Waals surface area contributed by atoms with E-state index >= 15 is 0 Å². The number of hydrogen-bond acceptors (Lipinski definition) is 2. The number of benzene rings is 1. The summed E-state index contributed by atoms with van der Waals surface area (Å²) < 4.78 is 0. The van der Waals surface area contributed by atoms with Crippen molar-refractivity contribution < 1.29 is 5.11 Å². The predicted molar refractivity (Wildman–Crippen MR) is 45.1 cm³/mol. The fourth-order valence-corrected chi connectivity index (χ4v) is 0.996. The first-order valence-electron chi connectivity index (χ1n) is 3.74. The first-order valence-corrected chi connectivity index (χ1v) is 3.74. The van der Waals surface area contributed by atoms with Gasteiger partial charge >= 0.3 is 0 Å². The summed E-state index contributed by atoms with van der Waals surface area (Å²) in [5.74, 6) is 0. The van der Waals surface area contributed by atoms with Crippen molar-refractivity contribution in [1.82, 2.24) is 5.32 Å². The highest BCUT2D eigenvalue weighted by molar-refractivity contribution is 5.17. The first-order chi connectivity index (χ1) is 5.34. The Balaban J connectivity index is 2.61. The molecule has 2 N–H and O–H groups in total. The molecule has 0 unspecified atom stereocenters. The monoisotopic (exact) mass is 151 g/mol. The van der Waals surface area contributed by atoms with Crippen LogP contribution in [0.1, 0.15) is 18.5 Å². The molecule has 0 saturated carbocycles. The van der Waals surface area contributed by atoms with Gasteiger partial charge in [0.05, 0.1) is 6.73 Å². The summed E-state index contributed by atoms with van der Waals surface area (Å²) in [7, 11) is 0. The number of aliphatic hydroxyl groups excluding tert-OH is 1. The zero-order valence-electron chi connectivity index (χ0n) is 6.62. The Morgan fingerprint density at radius 3 is 2.55 bits per heavy atom. The number of rotatable bonds is 3. The van der Waals surface area contributed by atoms with Crippen molar-refractivity contribution in [3.63, 3.8) is 0 Å². The Kier molecular flexibility index (Phi) is 3.08. The molecule has 0 spiro atoms. The molecule has 0 aliphatic carbocycles. The average Bonchev–Trinajstić information content (AvgIpc) is 2.07. The minimum absolute atomic E-state index is 0.0239. The Morgan fingerprint density at radius 2 is 2.00 bits per heavy atom. The summed E-state index contributed by atoms with van der Waals surface area (Å²) in [6, 6.07) is 10.3. The Morgan fingerprint density at radius 1 is 1.36 bits per heavy atom. The second-order valence-corrected chi connectivity index (χ2v) is 2.49. The molecule has 1 atom stereocenters. The number of aliphatic hydroxyl groups is 1. The highest BCUT2D eigenvalue weighted by Crippen LogP contribution is 2.09. The lowest BCUT2D eigenvalue weighted by molar-refractivity contribution is 0.245. The van der Waals surface area contributed by atoms with Gasteiger partial charge in [-0.3, -0.25) is 5.32 Å². The van der Waals surface area contributed by atoms with E-state index in [0.717, 1.165) is 0 Å². The van der Waals surface area contributed by atoms with E-state index < -0.39 is 0 Å². The maximum absolute atomic E-state index is 8.59. The van der Waals surface area contributed by atoms with Gasteiger partial charge in [0.15, 0.2) is 0 Å². The van der Waals surface area contributed by atoms with Gasteiger partial charge in [-0.15, -0.1) is 0 Å². The van der Waals surface area contributed by atoms with E-state index in [0.29, 0.717) is 0 Å². The number of nitrogens with one attached hydrogen (secondary N) is 1. The van der Waals surface area contributed by atoms with Gasteiger partial charge in [0.1, 0.15) is 0 Å². The Hall–Kier alpha value is -0.860. The summed E-state index contributed by atoms with van der Waals surface area (Å²) in [5.41, 5.74) is 1.20. The van der Waals surface area contributed by atoms with Gasteiger partial charge in [-0.05, 0) is 12.5 Å². The molecule has 0 amide bonds. The van der Waals surface area contributed by atoms with E-state index in [2.05, 4.69) is 5.32 Å². The summed E-state index contributed by atoms with van der Waals surface area (Å²) in [6.07, 6.45) is 0. The van der Waals surface area contributed by atoms with E-state index in [1.165, 1.54) is 5.56 Å². The first kappa shape index (κ1) is 8.24. The fraction of sp³-hybridized carbons (Fsp3) is 0.333. The molecule has 0 radical (unpaired) electrons. The Bertz CT molecular complexity index is 198. The molecule has 2 nitrogen and oxygen atoms in total. The van der Waals surface area contributed by atoms with E-state index in [1.807, 2.05) is 37.3 Å². The van der Waals surface area contributed by atoms with Gasteiger partial charge in [-0.1, -0.05) is 30.3 Å². The van der Waals surface area contributed by atoms with E-state index in [1.54, 1.807) is 0 Å². The smallest absolute Gasteiger partial charge is 0.0936 e. The van der Waals surface area contributed by atoms with Crippen LogP contribution in [-0.4, -0.2) is 11.8 Å². The maximum Gasteiger partial charge on any atom is 0.0936 e. The normalized spacial score (nSPS) is 12.9. The lowest BCUT2D eigenvalue weighted by Gasteiger charge is -2.10. The third-order valence-electron chi connectivity index (χ3n) is 1.70. The second-order valence-electron chi connectivity index (χ2n) is 2.49. The van der Waals surface area contributed by atoms with Gasteiger partial charge in [-0.25, -0.2) is 0 Å². The molecule has 60 valence electrons. The van der Waals surface area contributed by atoms with Crippen molar-refractivity contribution >= 4 is 0 Å². The van der Waals surface area contributed by atoms with Gasteiger partial charge in [0.2, 0.25) is 0 Å². The molecule has 0 aromatic heterocycles. The fourth-order valence-electron chi connectivity index (χ4n) is 0.996. The minimum atomic E-state index is 0.0239. The molecule has 1 aromatic rings. The summed E-state index contributed by atoms with van der Waals surface area (Å²) in [5, 5.41) is 11.5. The molecule has 2 heteroatoms. The zero-order chi connectivity index (χ0) is 8.10. The molecule has 0 saturated heterocycles. The van der Waals surface area contributed by atoms with Crippen LogP contribution in [0.15, 0.2) is 30.3 Å². The molecule has 1 rings (SSSR count). The molecular weight excluding hydrogens is 138 g/mol. The van der Waals surface area contributed by atoms with Crippen molar-refractivity contribution in [3.05, 3.63) is 35.9 Å². The van der Waals surface area contributed by atoms with Gasteiger partial charge in [-0.2, -0.15) is 0 Å². The van der Waals surface area contributed by atoms with E-state index in [-0.39, 0.29) is 12.8 Å². The largest absolute Gasteiger partial charge is 0.381 e. The van der Waals surface area contributed by atoms with E-state index in [9.17, 15) is 0 Å². The minimum Gasteiger partial charge on any atom is -0.381 e. The van der Waals surface area contributed by atoms with Crippen LogP contribution < -0.4 is 5.32 Å². The van der Waals surface area contributed by atoms with Crippen LogP contribution in [0.3, 0.4) is 0 Å². The van der Waals surface area contributed by atoms with Crippen molar-refractivity contribution in [1.29, 1.82) is 0 Å². The van der Waals surface area contributed by atoms with Crippen molar-refractivity contribution in [2.45, 2.75) is 13.0 Å². The van der Waals surface area contributed by atoms with Gasteiger partial charge in [0.25, 0.3) is 0 Å². The van der Waals surface area contributed by atoms with Crippen LogP contribution in [0.5, 0.6) is 0 Å². The van der Waals surface area contributed by atoms with Crippen molar-refractivity contribution in [2.24, 2.45) is 0 Å². The molecule has 0 aliphatic heterocycles. The van der Waals surface area contributed by atoms with Gasteiger partial charge in [0, 0.05) is 6.04 Å². The molecule has 0 heterocycles. The standard InChI is InChI=1S/C9H13NO/c1-8(10-7-11)9-5-3-2-4-6-9/h2-6,8,10-11H,7H2,1H3/t8-/m1/s1. The molecule has 0 fully saturated rings. The zero-order valence-corrected chi connectivity index (χ0v) is 6.62. The Labute approximate surface area is 66.9 Å². The van der Waals surface area contributed by atoms with Crippen LogP contribution in [-0.2, 0) is 0 Å². The van der Waals surface area contributed by atoms with Crippen LogP contribution in [0, 0.1) is 0 Å². The molecular formula is C9H13NO. The third kappa shape index (κ3) is 2.33. The summed E-state index contributed by atoms with van der Waals surface area (Å²) >= 11 is 0.